The summed E-state index contributed by atoms with van der Waals surface area (Å²) in [5.74, 6) is 0.904. The van der Waals surface area contributed by atoms with Crippen LogP contribution in [0, 0.1) is 0 Å². The van der Waals surface area contributed by atoms with Gasteiger partial charge >= 0.3 is 0 Å². The molecule has 0 aliphatic heterocycles. The lowest BCUT2D eigenvalue weighted by Gasteiger charge is -2.17. The van der Waals surface area contributed by atoms with Gasteiger partial charge in [0.1, 0.15) is 5.76 Å². The van der Waals surface area contributed by atoms with Gasteiger partial charge in [0, 0.05) is 12.5 Å². The first-order valence-electron chi connectivity index (χ1n) is 6.71. The largest absolute Gasteiger partial charge is 0.469 e. The van der Waals surface area contributed by atoms with Crippen molar-refractivity contribution in [1.29, 1.82) is 0 Å². The van der Waals surface area contributed by atoms with Gasteiger partial charge in [-0.05, 0) is 31.9 Å². The summed E-state index contributed by atoms with van der Waals surface area (Å²) in [5, 5.41) is 2.95. The maximum absolute atomic E-state index is 11.8. The van der Waals surface area contributed by atoms with Gasteiger partial charge in [-0.1, -0.05) is 19.8 Å². The molecule has 1 rings (SSSR count). The Kier molecular flexibility index (Phi) is 6.50. The van der Waals surface area contributed by atoms with Gasteiger partial charge in [-0.25, -0.2) is 0 Å². The van der Waals surface area contributed by atoms with Crippen molar-refractivity contribution < 1.29 is 9.21 Å². The van der Waals surface area contributed by atoms with E-state index in [-0.39, 0.29) is 18.0 Å². The van der Waals surface area contributed by atoms with Gasteiger partial charge in [-0.3, -0.25) is 4.79 Å². The number of nitrogens with two attached hydrogens (primary N) is 1. The molecule has 1 heterocycles. The number of hydrogen-bond acceptors (Lipinski definition) is 3. The molecule has 0 bridgehead atoms. The Morgan fingerprint density at radius 3 is 2.89 bits per heavy atom. The van der Waals surface area contributed by atoms with E-state index in [2.05, 4.69) is 12.2 Å². The van der Waals surface area contributed by atoms with Crippen LogP contribution in [0.5, 0.6) is 0 Å². The highest BCUT2D eigenvalue weighted by atomic mass is 16.3. The molecule has 2 atom stereocenters. The van der Waals surface area contributed by atoms with Crippen molar-refractivity contribution in [2.24, 2.45) is 5.73 Å². The lowest BCUT2D eigenvalue weighted by molar-refractivity contribution is -0.123. The molecule has 0 spiro atoms. The SMILES string of the molecule is CCCC[C@H](N)C(=O)NC(C)CCc1ccco1. The molecule has 3 N–H and O–H groups in total. The van der Waals surface area contributed by atoms with Crippen LogP contribution < -0.4 is 11.1 Å². The van der Waals surface area contributed by atoms with Gasteiger partial charge < -0.3 is 15.5 Å². The first-order valence-corrected chi connectivity index (χ1v) is 6.71. The topological polar surface area (TPSA) is 68.3 Å². The van der Waals surface area contributed by atoms with E-state index in [4.69, 9.17) is 10.2 Å². The molecule has 0 aliphatic rings. The summed E-state index contributed by atoms with van der Waals surface area (Å²) in [6.07, 6.45) is 6.18. The summed E-state index contributed by atoms with van der Waals surface area (Å²) >= 11 is 0. The molecule has 0 radical (unpaired) electrons. The first kappa shape index (κ1) is 14.8. The van der Waals surface area contributed by atoms with Crippen molar-refractivity contribution in [3.63, 3.8) is 0 Å². The third kappa shape index (κ3) is 5.36. The Morgan fingerprint density at radius 2 is 2.28 bits per heavy atom. The minimum Gasteiger partial charge on any atom is -0.469 e. The number of rotatable bonds is 8. The Bertz CT molecular complexity index is 336. The summed E-state index contributed by atoms with van der Waals surface area (Å²) in [6.45, 7) is 4.09. The van der Waals surface area contributed by atoms with Crippen LogP contribution >= 0.6 is 0 Å². The standard InChI is InChI=1S/C14H24N2O2/c1-3-4-7-13(15)14(17)16-11(2)8-9-12-6-5-10-18-12/h5-6,10-11,13H,3-4,7-9,15H2,1-2H3,(H,16,17)/t11?,13-/m0/s1. The van der Waals surface area contributed by atoms with E-state index < -0.39 is 0 Å². The van der Waals surface area contributed by atoms with Crippen LogP contribution in [0.15, 0.2) is 22.8 Å². The smallest absolute Gasteiger partial charge is 0.237 e. The Morgan fingerprint density at radius 1 is 1.50 bits per heavy atom. The molecular formula is C14H24N2O2. The predicted octanol–water partition coefficient (Wildman–Crippen LogP) is 2.23. The minimum absolute atomic E-state index is 0.0459. The van der Waals surface area contributed by atoms with Crippen LogP contribution in [0.4, 0.5) is 0 Å². The lowest BCUT2D eigenvalue weighted by Crippen LogP contribution is -2.44. The fraction of sp³-hybridized carbons (Fsp3) is 0.643. The number of aryl methyl sites for hydroxylation is 1. The average Bonchev–Trinajstić information content (AvgIpc) is 2.86. The highest BCUT2D eigenvalue weighted by molar-refractivity contribution is 5.81. The number of carbonyl (C=O) groups is 1. The molecule has 18 heavy (non-hydrogen) atoms. The Labute approximate surface area is 109 Å². The second-order valence-corrected chi connectivity index (χ2v) is 4.78. The van der Waals surface area contributed by atoms with Crippen LogP contribution in [-0.4, -0.2) is 18.0 Å². The third-order valence-electron chi connectivity index (χ3n) is 3.00. The molecule has 4 heteroatoms. The molecule has 1 unspecified atom stereocenters. The Balaban J connectivity index is 2.22. The highest BCUT2D eigenvalue weighted by Gasteiger charge is 2.15. The van der Waals surface area contributed by atoms with E-state index in [1.54, 1.807) is 6.26 Å². The zero-order chi connectivity index (χ0) is 13.4. The maximum atomic E-state index is 11.8. The molecule has 0 fully saturated rings. The van der Waals surface area contributed by atoms with E-state index >= 15 is 0 Å². The fourth-order valence-corrected chi connectivity index (χ4v) is 1.79. The van der Waals surface area contributed by atoms with Crippen molar-refractivity contribution in [3.8, 4) is 0 Å². The maximum Gasteiger partial charge on any atom is 0.237 e. The molecule has 4 nitrogen and oxygen atoms in total. The molecule has 0 aliphatic carbocycles. The van der Waals surface area contributed by atoms with Crippen LogP contribution in [0.1, 0.15) is 45.3 Å². The van der Waals surface area contributed by atoms with Crippen molar-refractivity contribution in [3.05, 3.63) is 24.2 Å². The summed E-state index contributed by atoms with van der Waals surface area (Å²) in [6, 6.07) is 3.56. The minimum atomic E-state index is -0.379. The van der Waals surface area contributed by atoms with Gasteiger partial charge in [-0.2, -0.15) is 0 Å². The number of furan rings is 1. The number of nitrogens with one attached hydrogen (secondary N) is 1. The predicted molar refractivity (Wildman–Crippen MR) is 72.1 cm³/mol. The van der Waals surface area contributed by atoms with E-state index in [9.17, 15) is 4.79 Å². The fourth-order valence-electron chi connectivity index (χ4n) is 1.79. The summed E-state index contributed by atoms with van der Waals surface area (Å²) < 4.78 is 5.25. The molecule has 0 aromatic carbocycles. The molecule has 102 valence electrons. The van der Waals surface area contributed by atoms with Crippen LogP contribution in [0.3, 0.4) is 0 Å². The summed E-state index contributed by atoms with van der Waals surface area (Å²) in [5.41, 5.74) is 5.81. The normalized spacial score (nSPS) is 14.2. The van der Waals surface area contributed by atoms with Crippen molar-refractivity contribution in [2.45, 2.75) is 58.0 Å². The number of unbranched alkanes of at least 4 members (excludes halogenated alkanes) is 1. The summed E-state index contributed by atoms with van der Waals surface area (Å²) in [4.78, 5) is 11.8. The highest BCUT2D eigenvalue weighted by Crippen LogP contribution is 2.06. The van der Waals surface area contributed by atoms with Gasteiger partial charge in [-0.15, -0.1) is 0 Å². The first-order chi connectivity index (χ1) is 8.63. The zero-order valence-corrected chi connectivity index (χ0v) is 11.3. The Hall–Kier alpha value is -1.29. The van der Waals surface area contributed by atoms with Crippen LogP contribution in [-0.2, 0) is 11.2 Å². The van der Waals surface area contributed by atoms with Gasteiger partial charge in [0.15, 0.2) is 0 Å². The molecule has 0 saturated heterocycles. The lowest BCUT2D eigenvalue weighted by atomic mass is 10.1. The molecular weight excluding hydrogens is 228 g/mol. The molecule has 1 amide bonds. The van der Waals surface area contributed by atoms with Crippen LogP contribution in [0.2, 0.25) is 0 Å². The summed E-state index contributed by atoms with van der Waals surface area (Å²) in [7, 11) is 0. The zero-order valence-electron chi connectivity index (χ0n) is 11.3. The van der Waals surface area contributed by atoms with Gasteiger partial charge in [0.25, 0.3) is 0 Å². The number of hydrogen-bond donors (Lipinski definition) is 2. The quantitative estimate of drug-likeness (QED) is 0.745. The second kappa shape index (κ2) is 7.93. The number of amides is 1. The monoisotopic (exact) mass is 252 g/mol. The van der Waals surface area contributed by atoms with Crippen molar-refractivity contribution >= 4 is 5.91 Å². The molecule has 1 aromatic rings. The van der Waals surface area contributed by atoms with Gasteiger partial charge in [0.05, 0.1) is 12.3 Å². The molecule has 0 saturated carbocycles. The van der Waals surface area contributed by atoms with Crippen LogP contribution in [0.25, 0.3) is 0 Å². The second-order valence-electron chi connectivity index (χ2n) is 4.78. The van der Waals surface area contributed by atoms with Gasteiger partial charge in [0.2, 0.25) is 5.91 Å². The molecule has 1 aromatic heterocycles. The third-order valence-corrected chi connectivity index (χ3v) is 3.00. The van der Waals surface area contributed by atoms with E-state index in [0.29, 0.717) is 0 Å². The van der Waals surface area contributed by atoms with E-state index in [1.807, 2.05) is 19.1 Å². The van der Waals surface area contributed by atoms with Crippen molar-refractivity contribution in [1.82, 2.24) is 5.32 Å². The van der Waals surface area contributed by atoms with E-state index in [0.717, 1.165) is 37.9 Å². The average molecular weight is 252 g/mol. The van der Waals surface area contributed by atoms with E-state index in [1.165, 1.54) is 0 Å². The van der Waals surface area contributed by atoms with Crippen molar-refractivity contribution in [2.75, 3.05) is 0 Å². The number of carbonyl (C=O) groups excluding carboxylic acids is 1.